The van der Waals surface area contributed by atoms with Crippen molar-refractivity contribution in [2.75, 3.05) is 26.4 Å². The molecule has 1 unspecified atom stereocenters. The Bertz CT molecular complexity index is 372. The van der Waals surface area contributed by atoms with Crippen molar-refractivity contribution in [2.45, 2.75) is 51.6 Å². The molecule has 1 rings (SSSR count). The molecule has 0 aliphatic carbocycles. The monoisotopic (exact) mass is 294 g/mol. The first-order valence-corrected chi connectivity index (χ1v) is 10.8. The van der Waals surface area contributed by atoms with Crippen LogP contribution < -0.4 is 0 Å². The molecule has 0 spiro atoms. The van der Waals surface area contributed by atoms with Crippen LogP contribution in [0.2, 0.25) is 19.6 Å². The summed E-state index contributed by atoms with van der Waals surface area (Å²) in [6.45, 7) is 9.07. The summed E-state index contributed by atoms with van der Waals surface area (Å²) < 4.78 is 16.4. The summed E-state index contributed by atoms with van der Waals surface area (Å²) in [5, 5.41) is 0. The predicted octanol–water partition coefficient (Wildman–Crippen LogP) is 2.82. The highest BCUT2D eigenvalue weighted by molar-refractivity contribution is 6.83. The van der Waals surface area contributed by atoms with Gasteiger partial charge in [-0.1, -0.05) is 37.4 Å². The van der Waals surface area contributed by atoms with Crippen LogP contribution in [0.25, 0.3) is 0 Å². The summed E-state index contributed by atoms with van der Waals surface area (Å²) in [6, 6.07) is 0. The lowest BCUT2D eigenvalue weighted by atomic mass is 10.2. The lowest BCUT2D eigenvalue weighted by Crippen LogP contribution is -2.22. The molecule has 0 aromatic carbocycles. The first-order chi connectivity index (χ1) is 9.58. The van der Waals surface area contributed by atoms with Gasteiger partial charge < -0.3 is 14.2 Å². The average Bonchev–Trinajstić information content (AvgIpc) is 2.41. The van der Waals surface area contributed by atoms with E-state index in [0.717, 1.165) is 25.9 Å². The van der Waals surface area contributed by atoms with E-state index in [9.17, 15) is 0 Å². The lowest BCUT2D eigenvalue weighted by Gasteiger charge is -2.21. The highest BCUT2D eigenvalue weighted by Crippen LogP contribution is 2.12. The summed E-state index contributed by atoms with van der Waals surface area (Å²) in [7, 11) is -1.26. The van der Waals surface area contributed by atoms with Crippen molar-refractivity contribution in [3.05, 3.63) is 0 Å². The Kier molecular flexibility index (Phi) is 8.65. The molecule has 1 heterocycles. The number of ether oxygens (including phenoxy) is 3. The van der Waals surface area contributed by atoms with E-state index in [1.54, 1.807) is 0 Å². The first kappa shape index (κ1) is 17.3. The molecule has 0 aromatic heterocycles. The van der Waals surface area contributed by atoms with Gasteiger partial charge in [0, 0.05) is 13.0 Å². The van der Waals surface area contributed by atoms with E-state index in [-0.39, 0.29) is 6.29 Å². The van der Waals surface area contributed by atoms with Crippen LogP contribution in [0.4, 0.5) is 0 Å². The third kappa shape index (κ3) is 10.1. The normalized spacial score (nSPS) is 18.6. The van der Waals surface area contributed by atoms with Gasteiger partial charge in [-0.2, -0.15) is 0 Å². The zero-order valence-electron chi connectivity index (χ0n) is 13.0. The highest BCUT2D eigenvalue weighted by atomic mass is 28.3. The van der Waals surface area contributed by atoms with Gasteiger partial charge in [0.1, 0.15) is 21.3 Å². The summed E-state index contributed by atoms with van der Waals surface area (Å²) in [5.41, 5.74) is 3.26. The molecular weight excluding hydrogens is 268 g/mol. The van der Waals surface area contributed by atoms with Gasteiger partial charge in [-0.25, -0.2) is 0 Å². The average molecular weight is 294 g/mol. The van der Waals surface area contributed by atoms with E-state index >= 15 is 0 Å². The van der Waals surface area contributed by atoms with Gasteiger partial charge in [0.05, 0.1) is 6.61 Å². The third-order valence-electron chi connectivity index (χ3n) is 2.61. The van der Waals surface area contributed by atoms with Crippen LogP contribution in [-0.2, 0) is 14.2 Å². The van der Waals surface area contributed by atoms with Crippen molar-refractivity contribution in [1.82, 2.24) is 0 Å². The van der Waals surface area contributed by atoms with Crippen molar-refractivity contribution in [3.8, 4) is 23.3 Å². The van der Waals surface area contributed by atoms with Crippen molar-refractivity contribution in [3.63, 3.8) is 0 Å². The topological polar surface area (TPSA) is 27.7 Å². The first-order valence-electron chi connectivity index (χ1n) is 7.35. The molecule has 1 aliphatic heterocycles. The Morgan fingerprint density at radius 2 is 1.95 bits per heavy atom. The summed E-state index contributed by atoms with van der Waals surface area (Å²) in [4.78, 5) is 0. The smallest absolute Gasteiger partial charge is 0.158 e. The van der Waals surface area contributed by atoms with Gasteiger partial charge in [-0.15, -0.1) is 5.54 Å². The minimum atomic E-state index is -1.26. The van der Waals surface area contributed by atoms with Gasteiger partial charge >= 0.3 is 0 Å². The van der Waals surface area contributed by atoms with Gasteiger partial charge in [0.15, 0.2) is 6.29 Å². The maximum atomic E-state index is 5.51. The Balaban J connectivity index is 1.96. The Morgan fingerprint density at radius 3 is 2.65 bits per heavy atom. The Morgan fingerprint density at radius 1 is 1.10 bits per heavy atom. The molecule has 0 bridgehead atoms. The molecule has 0 radical (unpaired) electrons. The van der Waals surface area contributed by atoms with Crippen molar-refractivity contribution in [2.24, 2.45) is 0 Å². The van der Waals surface area contributed by atoms with Crippen LogP contribution >= 0.6 is 0 Å². The zero-order valence-corrected chi connectivity index (χ0v) is 14.0. The van der Waals surface area contributed by atoms with E-state index in [0.29, 0.717) is 19.8 Å². The zero-order chi connectivity index (χ0) is 14.7. The van der Waals surface area contributed by atoms with E-state index < -0.39 is 8.07 Å². The molecule has 112 valence electrons. The number of hydrogen-bond donors (Lipinski definition) is 0. The standard InChI is InChI=1S/C16H26O3Si/c1-20(2,3)15-9-12-17-11-6-4-7-13-18-16-10-5-8-14-19-16/h16H,5-6,8,10-14H2,1-3H3. The second-order valence-corrected chi connectivity index (χ2v) is 10.6. The SMILES string of the molecule is C[Si](C)(C)C#CCOCCC#CCOC1CCCCO1. The van der Waals surface area contributed by atoms with Gasteiger partial charge in [0.2, 0.25) is 0 Å². The second-order valence-electron chi connectivity index (χ2n) is 5.82. The van der Waals surface area contributed by atoms with E-state index in [4.69, 9.17) is 14.2 Å². The Hall–Kier alpha value is -0.783. The third-order valence-corrected chi connectivity index (χ3v) is 3.54. The molecule has 0 amide bonds. The second kappa shape index (κ2) is 10.0. The maximum Gasteiger partial charge on any atom is 0.158 e. The Labute approximate surface area is 124 Å². The summed E-state index contributed by atoms with van der Waals surface area (Å²) >= 11 is 0. The number of rotatable bonds is 5. The fraction of sp³-hybridized carbons (Fsp3) is 0.750. The molecular formula is C16H26O3Si. The molecule has 1 fully saturated rings. The van der Waals surface area contributed by atoms with Crippen LogP contribution in [0.15, 0.2) is 0 Å². The van der Waals surface area contributed by atoms with E-state index in [1.807, 2.05) is 0 Å². The van der Waals surface area contributed by atoms with Gasteiger partial charge in [-0.3, -0.25) is 0 Å². The molecule has 1 aliphatic rings. The van der Waals surface area contributed by atoms with Crippen LogP contribution in [-0.4, -0.2) is 40.8 Å². The van der Waals surface area contributed by atoms with Crippen LogP contribution in [0.1, 0.15) is 25.7 Å². The van der Waals surface area contributed by atoms with Gasteiger partial charge in [0.25, 0.3) is 0 Å². The largest absolute Gasteiger partial charge is 0.368 e. The van der Waals surface area contributed by atoms with E-state index in [1.165, 1.54) is 6.42 Å². The van der Waals surface area contributed by atoms with Crippen molar-refractivity contribution >= 4 is 8.07 Å². The lowest BCUT2D eigenvalue weighted by molar-refractivity contribution is -0.154. The fourth-order valence-corrected chi connectivity index (χ4v) is 2.27. The van der Waals surface area contributed by atoms with Crippen molar-refractivity contribution < 1.29 is 14.2 Å². The van der Waals surface area contributed by atoms with Crippen LogP contribution in [0.5, 0.6) is 0 Å². The highest BCUT2D eigenvalue weighted by Gasteiger charge is 2.12. The molecule has 3 nitrogen and oxygen atoms in total. The molecule has 1 saturated heterocycles. The van der Waals surface area contributed by atoms with Crippen LogP contribution in [0, 0.1) is 23.3 Å². The summed E-state index contributed by atoms with van der Waals surface area (Å²) in [6.07, 6.45) is 3.99. The fourth-order valence-electron chi connectivity index (χ4n) is 1.66. The molecule has 0 saturated carbocycles. The van der Waals surface area contributed by atoms with Crippen LogP contribution in [0.3, 0.4) is 0 Å². The maximum absolute atomic E-state index is 5.51. The predicted molar refractivity (Wildman–Crippen MR) is 83.9 cm³/mol. The summed E-state index contributed by atoms with van der Waals surface area (Å²) in [5.74, 6) is 9.09. The minimum absolute atomic E-state index is 0.0499. The molecule has 0 N–H and O–H groups in total. The number of hydrogen-bond acceptors (Lipinski definition) is 3. The molecule has 1 atom stereocenters. The molecule has 4 heteroatoms. The minimum Gasteiger partial charge on any atom is -0.368 e. The van der Waals surface area contributed by atoms with Gasteiger partial charge in [-0.05, 0) is 19.3 Å². The molecule has 0 aromatic rings. The van der Waals surface area contributed by atoms with Crippen molar-refractivity contribution in [1.29, 1.82) is 0 Å². The van der Waals surface area contributed by atoms with E-state index in [2.05, 4.69) is 42.9 Å². The quantitative estimate of drug-likeness (QED) is 0.443. The molecule has 20 heavy (non-hydrogen) atoms.